The van der Waals surface area contributed by atoms with Crippen LogP contribution >= 0.6 is 0 Å². The first-order valence-electron chi connectivity index (χ1n) is 6.28. The first-order chi connectivity index (χ1) is 9.04. The molecule has 0 radical (unpaired) electrons. The summed E-state index contributed by atoms with van der Waals surface area (Å²) in [5.74, 6) is 0.464. The summed E-state index contributed by atoms with van der Waals surface area (Å²) in [6.45, 7) is 5.03. The molecule has 1 aromatic carbocycles. The number of hydrogen-bond donors (Lipinski definition) is 1. The Hall–Kier alpha value is -1.75. The molecule has 1 atom stereocenters. The number of benzene rings is 1. The zero-order valence-electron chi connectivity index (χ0n) is 12.0. The summed E-state index contributed by atoms with van der Waals surface area (Å²) in [7, 11) is 3.16. The van der Waals surface area contributed by atoms with E-state index < -0.39 is 0 Å². The Balaban J connectivity index is 2.97. The highest BCUT2D eigenvalue weighted by Crippen LogP contribution is 2.23. The van der Waals surface area contributed by atoms with Gasteiger partial charge in [-0.15, -0.1) is 0 Å². The Morgan fingerprint density at radius 1 is 1.42 bits per heavy atom. The maximum absolute atomic E-state index is 12.4. The Kier molecular flexibility index (Phi) is 5.63. The number of carbonyl (C=O) groups excluding carboxylic acids is 1. The predicted molar refractivity (Wildman–Crippen MR) is 75.5 cm³/mol. The number of ether oxygens (including phenoxy) is 2. The van der Waals surface area contributed by atoms with Crippen molar-refractivity contribution in [2.75, 3.05) is 33.1 Å². The van der Waals surface area contributed by atoms with E-state index in [-0.39, 0.29) is 11.9 Å². The number of nitrogens with zero attached hydrogens (tertiary/aromatic N) is 1. The predicted octanol–water partition coefficient (Wildman–Crippen LogP) is 1.77. The number of anilines is 1. The normalized spacial score (nSPS) is 12.0. The van der Waals surface area contributed by atoms with Gasteiger partial charge in [0.15, 0.2) is 0 Å². The highest BCUT2D eigenvalue weighted by Gasteiger charge is 2.20. The van der Waals surface area contributed by atoms with E-state index in [9.17, 15) is 4.79 Å². The van der Waals surface area contributed by atoms with Crippen LogP contribution in [0, 0.1) is 0 Å². The molecular formula is C14H22N2O3. The van der Waals surface area contributed by atoms with Gasteiger partial charge in [0.05, 0.1) is 25.4 Å². The van der Waals surface area contributed by atoms with Gasteiger partial charge < -0.3 is 20.1 Å². The van der Waals surface area contributed by atoms with Gasteiger partial charge in [-0.3, -0.25) is 4.79 Å². The molecule has 19 heavy (non-hydrogen) atoms. The lowest BCUT2D eigenvalue weighted by Crippen LogP contribution is -2.40. The molecule has 0 aliphatic rings. The second-order valence-electron chi connectivity index (χ2n) is 4.35. The maximum atomic E-state index is 12.4. The van der Waals surface area contributed by atoms with Gasteiger partial charge in [-0.25, -0.2) is 0 Å². The highest BCUT2D eigenvalue weighted by atomic mass is 16.5. The first-order valence-corrected chi connectivity index (χ1v) is 6.28. The van der Waals surface area contributed by atoms with Gasteiger partial charge in [0.25, 0.3) is 5.91 Å². The Morgan fingerprint density at radius 2 is 2.11 bits per heavy atom. The fraction of sp³-hybridized carbons (Fsp3) is 0.500. The number of rotatable bonds is 6. The molecule has 0 fully saturated rings. The van der Waals surface area contributed by atoms with Crippen molar-refractivity contribution < 1.29 is 14.3 Å². The van der Waals surface area contributed by atoms with Gasteiger partial charge in [0, 0.05) is 19.2 Å². The summed E-state index contributed by atoms with van der Waals surface area (Å²) < 4.78 is 10.2. The monoisotopic (exact) mass is 266 g/mol. The Morgan fingerprint density at radius 3 is 2.63 bits per heavy atom. The van der Waals surface area contributed by atoms with E-state index in [1.54, 1.807) is 30.2 Å². The minimum absolute atomic E-state index is 0.0195. The van der Waals surface area contributed by atoms with E-state index in [1.807, 2.05) is 13.8 Å². The van der Waals surface area contributed by atoms with Crippen LogP contribution in [0.15, 0.2) is 18.2 Å². The van der Waals surface area contributed by atoms with Crippen molar-refractivity contribution in [3.63, 3.8) is 0 Å². The van der Waals surface area contributed by atoms with Crippen LogP contribution in [0.25, 0.3) is 0 Å². The van der Waals surface area contributed by atoms with Crippen LogP contribution in [-0.4, -0.2) is 44.2 Å². The molecule has 0 aliphatic carbocycles. The average molecular weight is 266 g/mol. The number of carbonyl (C=O) groups is 1. The third-order valence-corrected chi connectivity index (χ3v) is 3.02. The van der Waals surface area contributed by atoms with Crippen LogP contribution < -0.4 is 10.5 Å². The molecule has 0 saturated carbocycles. The van der Waals surface area contributed by atoms with E-state index >= 15 is 0 Å². The lowest BCUT2D eigenvalue weighted by atomic mass is 10.1. The topological polar surface area (TPSA) is 64.8 Å². The SMILES string of the molecule is CCN(C(=O)c1ccc(N)c(OC)c1)C(C)COC. The third-order valence-electron chi connectivity index (χ3n) is 3.02. The average Bonchev–Trinajstić information content (AvgIpc) is 2.40. The molecule has 2 N–H and O–H groups in total. The highest BCUT2D eigenvalue weighted by molar-refractivity contribution is 5.95. The number of hydrogen-bond acceptors (Lipinski definition) is 4. The van der Waals surface area contributed by atoms with Gasteiger partial charge in [-0.1, -0.05) is 0 Å². The number of nitrogens with two attached hydrogens (primary N) is 1. The minimum Gasteiger partial charge on any atom is -0.495 e. The summed E-state index contributed by atoms with van der Waals surface area (Å²) in [6, 6.07) is 5.08. The Bertz CT molecular complexity index is 435. The number of amides is 1. The van der Waals surface area contributed by atoms with Gasteiger partial charge in [0.2, 0.25) is 0 Å². The van der Waals surface area contributed by atoms with Crippen LogP contribution in [0.4, 0.5) is 5.69 Å². The maximum Gasteiger partial charge on any atom is 0.254 e. The summed E-state index contributed by atoms with van der Waals surface area (Å²) in [5, 5.41) is 0. The quantitative estimate of drug-likeness (QED) is 0.797. The molecule has 0 saturated heterocycles. The zero-order valence-corrected chi connectivity index (χ0v) is 12.0. The smallest absolute Gasteiger partial charge is 0.254 e. The van der Waals surface area contributed by atoms with E-state index in [2.05, 4.69) is 0 Å². The molecule has 0 spiro atoms. The van der Waals surface area contributed by atoms with Gasteiger partial charge >= 0.3 is 0 Å². The number of methoxy groups -OCH3 is 2. The molecule has 0 heterocycles. The van der Waals surface area contributed by atoms with Crippen molar-refractivity contribution in [2.45, 2.75) is 19.9 Å². The Labute approximate surface area is 114 Å². The molecule has 0 aromatic heterocycles. The van der Waals surface area contributed by atoms with E-state index in [0.29, 0.717) is 30.2 Å². The van der Waals surface area contributed by atoms with Crippen LogP contribution in [-0.2, 0) is 4.74 Å². The van der Waals surface area contributed by atoms with Crippen molar-refractivity contribution in [1.82, 2.24) is 4.90 Å². The van der Waals surface area contributed by atoms with Crippen LogP contribution in [0.2, 0.25) is 0 Å². The fourth-order valence-corrected chi connectivity index (χ4v) is 2.00. The second kappa shape index (κ2) is 6.99. The molecule has 0 aliphatic heterocycles. The number of likely N-dealkylation sites (N-methyl/N-ethyl adjacent to an activating group) is 1. The van der Waals surface area contributed by atoms with Gasteiger partial charge in [0.1, 0.15) is 5.75 Å². The molecule has 1 aromatic rings. The molecular weight excluding hydrogens is 244 g/mol. The van der Waals surface area contributed by atoms with Crippen molar-refractivity contribution in [2.24, 2.45) is 0 Å². The standard InChI is InChI=1S/C14H22N2O3/c1-5-16(10(2)9-18-3)14(17)11-6-7-12(15)13(8-11)19-4/h6-8,10H,5,9,15H2,1-4H3. The second-order valence-corrected chi connectivity index (χ2v) is 4.35. The first kappa shape index (κ1) is 15.3. The minimum atomic E-state index is -0.0506. The largest absolute Gasteiger partial charge is 0.495 e. The van der Waals surface area contributed by atoms with Crippen molar-refractivity contribution in [3.8, 4) is 5.75 Å². The van der Waals surface area contributed by atoms with Gasteiger partial charge in [-0.05, 0) is 32.0 Å². The van der Waals surface area contributed by atoms with E-state index in [4.69, 9.17) is 15.2 Å². The van der Waals surface area contributed by atoms with Crippen molar-refractivity contribution >= 4 is 11.6 Å². The lowest BCUT2D eigenvalue weighted by molar-refractivity contribution is 0.0579. The van der Waals surface area contributed by atoms with E-state index in [0.717, 1.165) is 0 Å². The molecule has 5 nitrogen and oxygen atoms in total. The molecule has 0 bridgehead atoms. The van der Waals surface area contributed by atoms with Crippen molar-refractivity contribution in [3.05, 3.63) is 23.8 Å². The molecule has 1 rings (SSSR count). The summed E-state index contributed by atoms with van der Waals surface area (Å²) in [6.07, 6.45) is 0. The summed E-state index contributed by atoms with van der Waals surface area (Å²) in [5.41, 5.74) is 6.83. The molecule has 5 heteroatoms. The van der Waals surface area contributed by atoms with Crippen molar-refractivity contribution in [1.29, 1.82) is 0 Å². The summed E-state index contributed by atoms with van der Waals surface area (Å²) >= 11 is 0. The molecule has 1 amide bonds. The summed E-state index contributed by atoms with van der Waals surface area (Å²) in [4.78, 5) is 14.2. The fourth-order valence-electron chi connectivity index (χ4n) is 2.00. The van der Waals surface area contributed by atoms with Crippen LogP contribution in [0.1, 0.15) is 24.2 Å². The lowest BCUT2D eigenvalue weighted by Gasteiger charge is -2.27. The van der Waals surface area contributed by atoms with Crippen LogP contribution in [0.5, 0.6) is 5.75 Å². The zero-order chi connectivity index (χ0) is 14.4. The number of nitrogen functional groups attached to an aromatic ring is 1. The van der Waals surface area contributed by atoms with E-state index in [1.165, 1.54) is 7.11 Å². The molecule has 106 valence electrons. The molecule has 1 unspecified atom stereocenters. The van der Waals surface area contributed by atoms with Crippen LogP contribution in [0.3, 0.4) is 0 Å². The third kappa shape index (κ3) is 3.61. The van der Waals surface area contributed by atoms with Gasteiger partial charge in [-0.2, -0.15) is 0 Å².